The van der Waals surface area contributed by atoms with Crippen LogP contribution in [0.25, 0.3) is 0 Å². The minimum Gasteiger partial charge on any atom is -0.459 e. The van der Waals surface area contributed by atoms with Gasteiger partial charge in [0.05, 0.1) is 17.7 Å². The number of nitro benzene ring substituents is 1. The molecule has 31 heavy (non-hydrogen) atoms. The van der Waals surface area contributed by atoms with Crippen LogP contribution in [-0.4, -0.2) is 66.1 Å². The number of fused-ring (bicyclic) bond motifs is 1. The topological polar surface area (TPSA) is 155 Å². The van der Waals surface area contributed by atoms with Gasteiger partial charge < -0.3 is 9.64 Å². The van der Waals surface area contributed by atoms with Gasteiger partial charge in [0.1, 0.15) is 16.2 Å². The lowest BCUT2D eigenvalue weighted by atomic mass is 9.96. The zero-order valence-electron chi connectivity index (χ0n) is 16.0. The Morgan fingerprint density at radius 3 is 2.61 bits per heavy atom. The van der Waals surface area contributed by atoms with E-state index in [2.05, 4.69) is 26.2 Å². The smallest absolute Gasteiger partial charge is 0.330 e. The van der Waals surface area contributed by atoms with Gasteiger partial charge in [-0.25, -0.2) is 13.2 Å². The van der Waals surface area contributed by atoms with Crippen molar-refractivity contribution in [3.8, 4) is 0 Å². The first-order valence-electron chi connectivity index (χ1n) is 9.01. The molecule has 0 bridgehead atoms. The van der Waals surface area contributed by atoms with Gasteiger partial charge in [0.2, 0.25) is 5.91 Å². The number of sulfone groups is 1. The number of amides is 1. The Morgan fingerprint density at radius 2 is 2.03 bits per heavy atom. The summed E-state index contributed by atoms with van der Waals surface area (Å²) in [7, 11) is -3.98. The highest BCUT2D eigenvalue weighted by Gasteiger charge is 2.73. The van der Waals surface area contributed by atoms with Crippen molar-refractivity contribution in [1.29, 1.82) is 0 Å². The van der Waals surface area contributed by atoms with Gasteiger partial charge in [-0.1, -0.05) is 21.1 Å². The highest BCUT2D eigenvalue weighted by atomic mass is 79.9. The summed E-state index contributed by atoms with van der Waals surface area (Å²) in [4.78, 5) is 35.7. The maximum atomic E-state index is 13.3. The van der Waals surface area contributed by atoms with Crippen LogP contribution >= 0.6 is 15.9 Å². The first-order chi connectivity index (χ1) is 14.6. The van der Waals surface area contributed by atoms with Gasteiger partial charge in [-0.15, -0.1) is 5.10 Å². The average molecular weight is 514 g/mol. The number of carbonyl (C=O) groups is 2. The van der Waals surface area contributed by atoms with Gasteiger partial charge in [-0.2, -0.15) is 0 Å². The van der Waals surface area contributed by atoms with Crippen LogP contribution in [0.3, 0.4) is 0 Å². The zero-order valence-corrected chi connectivity index (χ0v) is 18.4. The third-order valence-corrected chi connectivity index (χ3v) is 9.57. The Labute approximate surface area is 184 Å². The second-order valence-electron chi connectivity index (χ2n) is 7.43. The highest BCUT2D eigenvalue weighted by molar-refractivity contribution is 9.10. The van der Waals surface area contributed by atoms with Crippen LogP contribution in [0.1, 0.15) is 12.5 Å². The fraction of sp³-hybridized carbons (Fsp3) is 0.412. The van der Waals surface area contributed by atoms with Crippen molar-refractivity contribution >= 4 is 43.3 Å². The van der Waals surface area contributed by atoms with Gasteiger partial charge in [0.25, 0.3) is 5.69 Å². The molecule has 2 aliphatic heterocycles. The molecule has 0 radical (unpaired) electrons. The van der Waals surface area contributed by atoms with Crippen LogP contribution in [-0.2, 0) is 37.3 Å². The number of hydrogen-bond donors (Lipinski definition) is 0. The molecule has 14 heteroatoms. The molecule has 1 aromatic heterocycles. The molecule has 1 amide bonds. The number of rotatable bonds is 6. The Hall–Kier alpha value is -2.87. The van der Waals surface area contributed by atoms with Crippen molar-refractivity contribution in [2.75, 3.05) is 0 Å². The first kappa shape index (κ1) is 21.4. The number of alkyl halides is 1. The summed E-state index contributed by atoms with van der Waals surface area (Å²) in [5.41, 5.74) is 0.359. The Bertz CT molecular complexity index is 1150. The van der Waals surface area contributed by atoms with Crippen LogP contribution in [0.5, 0.6) is 0 Å². The predicted molar refractivity (Wildman–Crippen MR) is 107 cm³/mol. The van der Waals surface area contributed by atoms with Crippen LogP contribution in [0.2, 0.25) is 0 Å². The van der Waals surface area contributed by atoms with Crippen molar-refractivity contribution in [3.63, 3.8) is 0 Å². The molecular formula is C17H16BrN5O7S. The summed E-state index contributed by atoms with van der Waals surface area (Å²) in [6.07, 6.45) is 2.84. The number of hydrogen-bond acceptors (Lipinski definition) is 9. The standard InChI is InChI=1S/C17H16BrN5O7S/c1-17(9-21-7-6-19-20-21)13(22-14(24)12(18)15(22)31(17,28)29)16(25)30-8-10-2-4-11(5-3-10)23(26)27/h2-7,12-13,15H,8-9H2,1H3/t12-,13-,15+,17-/m0/s1. The van der Waals surface area contributed by atoms with Gasteiger partial charge in [0.15, 0.2) is 21.3 Å². The lowest BCUT2D eigenvalue weighted by molar-refractivity contribution is -0.384. The summed E-state index contributed by atoms with van der Waals surface area (Å²) in [6, 6.07) is 4.01. The Morgan fingerprint density at radius 1 is 1.35 bits per heavy atom. The molecular weight excluding hydrogens is 498 g/mol. The van der Waals surface area contributed by atoms with Crippen molar-refractivity contribution in [2.45, 2.75) is 41.1 Å². The van der Waals surface area contributed by atoms with Crippen molar-refractivity contribution in [1.82, 2.24) is 19.9 Å². The summed E-state index contributed by atoms with van der Waals surface area (Å²) in [5.74, 6) is -1.41. The molecule has 2 saturated heterocycles. The SMILES string of the molecule is C[C@]1(Cn2ccnn2)[C@H](C(=O)OCc2ccc([N+](=O)[O-])cc2)N2C(=O)[C@H](Br)[C@H]2S1(=O)=O. The molecule has 2 aromatic rings. The van der Waals surface area contributed by atoms with Crippen molar-refractivity contribution in [2.24, 2.45) is 0 Å². The fourth-order valence-electron chi connectivity index (χ4n) is 3.88. The second kappa shape index (κ2) is 7.37. The zero-order chi connectivity index (χ0) is 22.6. The van der Waals surface area contributed by atoms with Gasteiger partial charge in [-0.3, -0.25) is 19.6 Å². The first-order valence-corrected chi connectivity index (χ1v) is 11.5. The minimum absolute atomic E-state index is 0.116. The molecule has 0 saturated carbocycles. The number of benzene rings is 1. The fourth-order valence-corrected chi connectivity index (χ4v) is 7.56. The van der Waals surface area contributed by atoms with Crippen molar-refractivity contribution in [3.05, 3.63) is 52.3 Å². The highest BCUT2D eigenvalue weighted by Crippen LogP contribution is 2.49. The molecule has 0 spiro atoms. The molecule has 4 rings (SSSR count). The van der Waals surface area contributed by atoms with E-state index in [1.807, 2.05) is 0 Å². The quantitative estimate of drug-likeness (QED) is 0.175. The number of non-ortho nitro benzene ring substituents is 1. The van der Waals surface area contributed by atoms with E-state index in [9.17, 15) is 28.1 Å². The summed E-state index contributed by atoms with van der Waals surface area (Å²) < 4.78 is 31.5. The molecule has 12 nitrogen and oxygen atoms in total. The molecule has 2 aliphatic rings. The van der Waals surface area contributed by atoms with Gasteiger partial charge in [-0.05, 0) is 24.6 Å². The van der Waals surface area contributed by atoms with E-state index < -0.39 is 47.6 Å². The van der Waals surface area contributed by atoms with Crippen LogP contribution in [0, 0.1) is 10.1 Å². The molecule has 0 N–H and O–H groups in total. The maximum Gasteiger partial charge on any atom is 0.330 e. The van der Waals surface area contributed by atoms with E-state index >= 15 is 0 Å². The third kappa shape index (κ3) is 3.20. The number of halogens is 1. The van der Waals surface area contributed by atoms with Crippen LogP contribution in [0.15, 0.2) is 36.7 Å². The minimum atomic E-state index is -3.98. The van der Waals surface area contributed by atoms with Crippen molar-refractivity contribution < 1.29 is 27.7 Å². The number of aromatic nitrogens is 3. The van der Waals surface area contributed by atoms with E-state index in [1.54, 1.807) is 0 Å². The molecule has 4 atom stereocenters. The normalized spacial score (nSPS) is 28.6. The van der Waals surface area contributed by atoms with E-state index in [-0.39, 0.29) is 18.8 Å². The molecule has 3 heterocycles. The molecule has 1 aromatic carbocycles. The lowest BCUT2D eigenvalue weighted by Gasteiger charge is -2.40. The monoisotopic (exact) mass is 513 g/mol. The number of nitrogens with zero attached hydrogens (tertiary/aromatic N) is 5. The van der Waals surface area contributed by atoms with Gasteiger partial charge in [0, 0.05) is 18.3 Å². The van der Waals surface area contributed by atoms with E-state index in [0.717, 1.165) is 4.90 Å². The number of carbonyl (C=O) groups excluding carboxylic acids is 2. The van der Waals surface area contributed by atoms with Crippen LogP contribution < -0.4 is 0 Å². The second-order valence-corrected chi connectivity index (χ2v) is 10.9. The lowest BCUT2D eigenvalue weighted by Crippen LogP contribution is -2.64. The Kier molecular flexibility index (Phi) is 5.08. The van der Waals surface area contributed by atoms with E-state index in [0.29, 0.717) is 5.56 Å². The number of β-lactam (4-membered cyclic amide) rings is 1. The maximum absolute atomic E-state index is 13.3. The third-order valence-electron chi connectivity index (χ3n) is 5.54. The van der Waals surface area contributed by atoms with Crippen LogP contribution in [0.4, 0.5) is 5.69 Å². The molecule has 164 valence electrons. The molecule has 2 fully saturated rings. The van der Waals surface area contributed by atoms with Gasteiger partial charge >= 0.3 is 5.97 Å². The summed E-state index contributed by atoms with van der Waals surface area (Å²) in [6.45, 7) is 0.941. The summed E-state index contributed by atoms with van der Waals surface area (Å²) in [5, 5.41) is 17.0. The predicted octanol–water partition coefficient (Wildman–Crippen LogP) is 0.417. The van der Waals surface area contributed by atoms with E-state index in [1.165, 1.54) is 48.3 Å². The number of esters is 1. The largest absolute Gasteiger partial charge is 0.459 e. The average Bonchev–Trinajstić information content (AvgIpc) is 3.28. The molecule has 0 unspecified atom stereocenters. The Balaban J connectivity index is 1.61. The molecule has 0 aliphatic carbocycles. The summed E-state index contributed by atoms with van der Waals surface area (Å²) >= 11 is 3.10. The number of ether oxygens (including phenoxy) is 1. The number of nitro groups is 1. The van der Waals surface area contributed by atoms with E-state index in [4.69, 9.17) is 4.74 Å².